The Hall–Kier alpha value is -2.77. The number of rotatable bonds is 5. The van der Waals surface area contributed by atoms with Gasteiger partial charge in [0.2, 0.25) is 0 Å². The largest absolute Gasteiger partial charge is 0.450 e. The Morgan fingerprint density at radius 3 is 2.70 bits per heavy atom. The van der Waals surface area contributed by atoms with Crippen LogP contribution in [0.25, 0.3) is 11.0 Å². The predicted octanol–water partition coefficient (Wildman–Crippen LogP) is 1.84. The molecule has 0 radical (unpaired) electrons. The van der Waals surface area contributed by atoms with E-state index < -0.39 is 0 Å². The normalized spacial score (nSPS) is 15.3. The molecule has 146 valence electrons. The fraction of sp³-hybridized carbons (Fsp3) is 0.526. The molecule has 8 heteroatoms. The summed E-state index contributed by atoms with van der Waals surface area (Å²) >= 11 is 0. The highest BCUT2D eigenvalue weighted by molar-refractivity contribution is 5.80. The Kier molecular flexibility index (Phi) is 6.51. The van der Waals surface area contributed by atoms with Gasteiger partial charge in [0.1, 0.15) is 5.82 Å². The lowest BCUT2D eigenvalue weighted by molar-refractivity contribution is 0.0914. The molecule has 2 N–H and O–H groups in total. The number of para-hydroxylation sites is 2. The third-order valence-corrected chi connectivity index (χ3v) is 4.63. The van der Waals surface area contributed by atoms with Gasteiger partial charge in [0.15, 0.2) is 5.96 Å². The molecule has 27 heavy (non-hydrogen) atoms. The summed E-state index contributed by atoms with van der Waals surface area (Å²) in [5.74, 6) is 1.89. The van der Waals surface area contributed by atoms with Crippen molar-refractivity contribution >= 4 is 23.1 Å². The van der Waals surface area contributed by atoms with Crippen molar-refractivity contribution in [3.05, 3.63) is 30.1 Å². The Bertz CT molecular complexity index is 746. The lowest BCUT2D eigenvalue weighted by Gasteiger charge is -2.35. The van der Waals surface area contributed by atoms with Crippen LogP contribution in [0.15, 0.2) is 29.3 Å². The van der Waals surface area contributed by atoms with Crippen LogP contribution in [0.2, 0.25) is 0 Å². The minimum absolute atomic E-state index is 0.231. The van der Waals surface area contributed by atoms with Crippen molar-refractivity contribution in [2.75, 3.05) is 46.4 Å². The second kappa shape index (κ2) is 9.25. The second-order valence-corrected chi connectivity index (χ2v) is 6.45. The lowest BCUT2D eigenvalue weighted by Crippen LogP contribution is -2.54. The standard InChI is InChI=1S/C19H28N6O2/c1-3-27-19(26)25-13-11-24(12-14-25)18(20-2)21-10-6-9-17-22-15-7-4-5-8-16(15)23-17/h4-5,7-8H,3,6,9-14H2,1-2H3,(H,20,21)(H,22,23). The van der Waals surface area contributed by atoms with E-state index in [1.807, 2.05) is 31.2 Å². The average molecular weight is 372 g/mol. The van der Waals surface area contributed by atoms with Crippen molar-refractivity contribution in [3.63, 3.8) is 0 Å². The number of aliphatic imine (C=N–C) groups is 1. The van der Waals surface area contributed by atoms with Crippen LogP contribution >= 0.6 is 0 Å². The van der Waals surface area contributed by atoms with Gasteiger partial charge < -0.3 is 24.8 Å². The smallest absolute Gasteiger partial charge is 0.409 e. The zero-order valence-corrected chi connectivity index (χ0v) is 16.1. The van der Waals surface area contributed by atoms with Crippen molar-refractivity contribution in [2.24, 2.45) is 4.99 Å². The summed E-state index contributed by atoms with van der Waals surface area (Å²) in [5, 5.41) is 3.41. The molecule has 0 bridgehead atoms. The number of hydrogen-bond acceptors (Lipinski definition) is 4. The molecule has 1 amide bonds. The number of guanidine groups is 1. The molecule has 1 aliphatic rings. The van der Waals surface area contributed by atoms with Gasteiger partial charge in [0.05, 0.1) is 17.6 Å². The third kappa shape index (κ3) is 4.90. The number of H-pyrrole nitrogens is 1. The Morgan fingerprint density at radius 1 is 1.26 bits per heavy atom. The molecule has 0 atom stereocenters. The molecule has 0 aliphatic carbocycles. The van der Waals surface area contributed by atoms with Crippen molar-refractivity contribution in [1.82, 2.24) is 25.1 Å². The number of imidazole rings is 1. The van der Waals surface area contributed by atoms with E-state index in [1.54, 1.807) is 11.9 Å². The number of hydrogen-bond donors (Lipinski definition) is 2. The van der Waals surface area contributed by atoms with E-state index in [4.69, 9.17) is 4.74 Å². The number of amides is 1. The molecular formula is C19H28N6O2. The number of ether oxygens (including phenoxy) is 1. The Labute approximate surface area is 159 Å². The highest BCUT2D eigenvalue weighted by Gasteiger charge is 2.23. The fourth-order valence-corrected chi connectivity index (χ4v) is 3.23. The van der Waals surface area contributed by atoms with Gasteiger partial charge in [-0.25, -0.2) is 9.78 Å². The molecule has 0 spiro atoms. The number of carbonyl (C=O) groups is 1. The van der Waals surface area contributed by atoms with Crippen LogP contribution in [0.3, 0.4) is 0 Å². The van der Waals surface area contributed by atoms with E-state index in [-0.39, 0.29) is 6.09 Å². The third-order valence-electron chi connectivity index (χ3n) is 4.63. The van der Waals surface area contributed by atoms with Gasteiger partial charge in [0, 0.05) is 46.2 Å². The van der Waals surface area contributed by atoms with E-state index in [0.29, 0.717) is 19.7 Å². The minimum atomic E-state index is -0.231. The zero-order valence-electron chi connectivity index (χ0n) is 16.1. The van der Waals surface area contributed by atoms with Crippen LogP contribution in [-0.2, 0) is 11.2 Å². The first-order chi connectivity index (χ1) is 13.2. The van der Waals surface area contributed by atoms with Crippen LogP contribution in [0.4, 0.5) is 4.79 Å². The summed E-state index contributed by atoms with van der Waals surface area (Å²) in [5.41, 5.74) is 2.09. The van der Waals surface area contributed by atoms with Crippen LogP contribution < -0.4 is 5.32 Å². The quantitative estimate of drug-likeness (QED) is 0.475. The van der Waals surface area contributed by atoms with Gasteiger partial charge in [-0.15, -0.1) is 0 Å². The molecular weight excluding hydrogens is 344 g/mol. The molecule has 2 heterocycles. The minimum Gasteiger partial charge on any atom is -0.450 e. The van der Waals surface area contributed by atoms with E-state index >= 15 is 0 Å². The van der Waals surface area contributed by atoms with Crippen molar-refractivity contribution in [3.8, 4) is 0 Å². The van der Waals surface area contributed by atoms with Crippen molar-refractivity contribution < 1.29 is 9.53 Å². The maximum atomic E-state index is 11.8. The number of aromatic amines is 1. The molecule has 1 aliphatic heterocycles. The monoisotopic (exact) mass is 372 g/mol. The average Bonchev–Trinajstić information content (AvgIpc) is 3.11. The predicted molar refractivity (Wildman–Crippen MR) is 106 cm³/mol. The second-order valence-electron chi connectivity index (χ2n) is 6.45. The number of fused-ring (bicyclic) bond motifs is 1. The van der Waals surface area contributed by atoms with Gasteiger partial charge in [0.25, 0.3) is 0 Å². The zero-order chi connectivity index (χ0) is 19.1. The summed E-state index contributed by atoms with van der Waals surface area (Å²) < 4.78 is 5.06. The highest BCUT2D eigenvalue weighted by Crippen LogP contribution is 2.11. The molecule has 8 nitrogen and oxygen atoms in total. The summed E-state index contributed by atoms with van der Waals surface area (Å²) in [6.45, 7) is 5.86. The number of carbonyl (C=O) groups excluding carboxylic acids is 1. The van der Waals surface area contributed by atoms with Gasteiger partial charge in [-0.2, -0.15) is 0 Å². The molecule has 3 rings (SSSR count). The van der Waals surface area contributed by atoms with E-state index in [2.05, 4.69) is 25.2 Å². The van der Waals surface area contributed by atoms with Crippen molar-refractivity contribution in [1.29, 1.82) is 0 Å². The van der Waals surface area contributed by atoms with Crippen LogP contribution in [0, 0.1) is 0 Å². The summed E-state index contributed by atoms with van der Waals surface area (Å²) in [6, 6.07) is 8.07. The maximum absolute atomic E-state index is 11.8. The SMILES string of the molecule is CCOC(=O)N1CCN(C(=NC)NCCCc2nc3ccccc3[nH]2)CC1. The Morgan fingerprint density at radius 2 is 2.00 bits per heavy atom. The van der Waals surface area contributed by atoms with Gasteiger partial charge in [-0.1, -0.05) is 12.1 Å². The Balaban J connectivity index is 1.41. The number of nitrogens with one attached hydrogen (secondary N) is 2. The molecule has 0 saturated carbocycles. The molecule has 2 aromatic rings. The van der Waals surface area contributed by atoms with E-state index in [0.717, 1.165) is 55.3 Å². The lowest BCUT2D eigenvalue weighted by atomic mass is 10.3. The molecule has 1 aromatic heterocycles. The molecule has 1 aromatic carbocycles. The topological polar surface area (TPSA) is 85.8 Å². The number of aryl methyl sites for hydroxylation is 1. The first kappa shape index (κ1) is 19.0. The summed E-state index contributed by atoms with van der Waals surface area (Å²) in [6.07, 6.45) is 1.61. The number of benzene rings is 1. The maximum Gasteiger partial charge on any atom is 0.409 e. The van der Waals surface area contributed by atoms with Crippen LogP contribution in [0.1, 0.15) is 19.2 Å². The van der Waals surface area contributed by atoms with Crippen molar-refractivity contribution in [2.45, 2.75) is 19.8 Å². The van der Waals surface area contributed by atoms with E-state index in [9.17, 15) is 4.79 Å². The molecule has 1 saturated heterocycles. The number of nitrogens with zero attached hydrogens (tertiary/aromatic N) is 4. The summed E-state index contributed by atoms with van der Waals surface area (Å²) in [7, 11) is 1.79. The fourth-order valence-electron chi connectivity index (χ4n) is 3.23. The first-order valence-electron chi connectivity index (χ1n) is 9.52. The van der Waals surface area contributed by atoms with E-state index in [1.165, 1.54) is 0 Å². The van der Waals surface area contributed by atoms with Gasteiger partial charge in [-0.3, -0.25) is 4.99 Å². The molecule has 1 fully saturated rings. The van der Waals surface area contributed by atoms with Crippen LogP contribution in [-0.4, -0.2) is 78.2 Å². The summed E-state index contributed by atoms with van der Waals surface area (Å²) in [4.78, 5) is 28.0. The van der Waals surface area contributed by atoms with Crippen LogP contribution in [0.5, 0.6) is 0 Å². The van der Waals surface area contributed by atoms with Gasteiger partial charge in [-0.05, 0) is 25.5 Å². The molecule has 0 unspecified atom stereocenters. The van der Waals surface area contributed by atoms with Gasteiger partial charge >= 0.3 is 6.09 Å². The number of aromatic nitrogens is 2. The first-order valence-corrected chi connectivity index (χ1v) is 9.52. The highest BCUT2D eigenvalue weighted by atomic mass is 16.6. The number of piperazine rings is 1.